The van der Waals surface area contributed by atoms with Gasteiger partial charge in [0.05, 0.1) is 4.34 Å². The third-order valence-electron chi connectivity index (χ3n) is 4.24. The number of likely N-dealkylation sites (N-methyl/N-ethyl adjacent to an activating group) is 1. The van der Waals surface area contributed by atoms with E-state index in [1.807, 2.05) is 0 Å². The zero-order valence-corrected chi connectivity index (χ0v) is 16.4. The largest absolute Gasteiger partial charge is 0.309 e. The average Bonchev–Trinajstić information content (AvgIpc) is 2.94. The van der Waals surface area contributed by atoms with Crippen LogP contribution in [-0.2, 0) is 10.0 Å². The van der Waals surface area contributed by atoms with Crippen LogP contribution in [0.5, 0.6) is 0 Å². The first-order chi connectivity index (χ1) is 10.8. The molecule has 1 aromatic heterocycles. The molecule has 0 aliphatic carbocycles. The number of rotatable bonds is 7. The standard InChI is InChI=1S/C15H26ClN3O2S2/c1-17(2)9-5-10-18(3)13-6-4-11-19(12-13)23(20,21)15-8-7-14(16)22-15/h7-8,13H,4-6,9-12H2,1-3H3. The smallest absolute Gasteiger partial charge is 0.252 e. The molecule has 0 saturated carbocycles. The van der Waals surface area contributed by atoms with E-state index in [1.54, 1.807) is 16.4 Å². The maximum atomic E-state index is 12.7. The van der Waals surface area contributed by atoms with Crippen LogP contribution >= 0.6 is 22.9 Å². The van der Waals surface area contributed by atoms with Gasteiger partial charge in [-0.1, -0.05) is 11.6 Å². The molecule has 1 aliphatic heterocycles. The van der Waals surface area contributed by atoms with E-state index in [1.165, 1.54) is 0 Å². The molecule has 1 aromatic rings. The second-order valence-electron chi connectivity index (χ2n) is 6.36. The predicted octanol–water partition coefficient (Wildman–Crippen LogP) is 2.44. The van der Waals surface area contributed by atoms with Crippen LogP contribution in [0.4, 0.5) is 0 Å². The highest BCUT2D eigenvalue weighted by Gasteiger charge is 2.32. The number of piperidine rings is 1. The van der Waals surface area contributed by atoms with Crippen molar-refractivity contribution in [3.05, 3.63) is 16.5 Å². The van der Waals surface area contributed by atoms with Gasteiger partial charge in [-0.25, -0.2) is 8.42 Å². The monoisotopic (exact) mass is 379 g/mol. The molecule has 0 radical (unpaired) electrons. The van der Waals surface area contributed by atoms with Gasteiger partial charge in [0.15, 0.2) is 0 Å². The maximum absolute atomic E-state index is 12.7. The highest BCUT2D eigenvalue weighted by Crippen LogP contribution is 2.30. The first-order valence-corrected chi connectivity index (χ1v) is 10.5. The highest BCUT2D eigenvalue weighted by atomic mass is 35.5. The van der Waals surface area contributed by atoms with E-state index in [-0.39, 0.29) is 6.04 Å². The summed E-state index contributed by atoms with van der Waals surface area (Å²) in [6.45, 7) is 3.20. The van der Waals surface area contributed by atoms with E-state index in [0.29, 0.717) is 21.6 Å². The number of halogens is 1. The van der Waals surface area contributed by atoms with E-state index < -0.39 is 10.0 Å². The van der Waals surface area contributed by atoms with E-state index in [9.17, 15) is 8.42 Å². The van der Waals surface area contributed by atoms with Crippen molar-refractivity contribution >= 4 is 33.0 Å². The Morgan fingerprint density at radius 3 is 2.65 bits per heavy atom. The third kappa shape index (κ3) is 5.14. The van der Waals surface area contributed by atoms with Crippen molar-refractivity contribution in [3.63, 3.8) is 0 Å². The first kappa shape index (κ1) is 19.1. The van der Waals surface area contributed by atoms with Crippen molar-refractivity contribution in [3.8, 4) is 0 Å². The SMILES string of the molecule is CN(C)CCCN(C)C1CCCN(S(=O)(=O)c2ccc(Cl)s2)C1. The van der Waals surface area contributed by atoms with Crippen LogP contribution in [0.2, 0.25) is 4.34 Å². The summed E-state index contributed by atoms with van der Waals surface area (Å²) in [6, 6.07) is 3.54. The lowest BCUT2D eigenvalue weighted by Crippen LogP contribution is -2.48. The quantitative estimate of drug-likeness (QED) is 0.729. The molecular weight excluding hydrogens is 354 g/mol. The van der Waals surface area contributed by atoms with Gasteiger partial charge in [-0.15, -0.1) is 11.3 Å². The fourth-order valence-corrected chi connectivity index (χ4v) is 6.03. The van der Waals surface area contributed by atoms with Crippen LogP contribution in [0.15, 0.2) is 16.3 Å². The molecule has 2 heterocycles. The zero-order valence-electron chi connectivity index (χ0n) is 14.0. The second-order valence-corrected chi connectivity index (χ2v) is 10.2. The van der Waals surface area contributed by atoms with E-state index in [0.717, 1.165) is 43.7 Å². The molecule has 0 aromatic carbocycles. The van der Waals surface area contributed by atoms with Crippen molar-refractivity contribution in [2.75, 3.05) is 47.3 Å². The van der Waals surface area contributed by atoms with Crippen molar-refractivity contribution in [1.29, 1.82) is 0 Å². The van der Waals surface area contributed by atoms with Crippen LogP contribution in [0, 0.1) is 0 Å². The molecule has 8 heteroatoms. The summed E-state index contributed by atoms with van der Waals surface area (Å²) < 4.78 is 27.9. The van der Waals surface area contributed by atoms with E-state index in [2.05, 4.69) is 30.9 Å². The second kappa shape index (κ2) is 8.27. The van der Waals surface area contributed by atoms with Crippen molar-refractivity contribution in [1.82, 2.24) is 14.1 Å². The van der Waals surface area contributed by atoms with Gasteiger partial charge in [-0.05, 0) is 65.6 Å². The minimum Gasteiger partial charge on any atom is -0.309 e. The van der Waals surface area contributed by atoms with Gasteiger partial charge in [-0.2, -0.15) is 4.31 Å². The van der Waals surface area contributed by atoms with Gasteiger partial charge in [0.2, 0.25) is 0 Å². The summed E-state index contributed by atoms with van der Waals surface area (Å²) in [5.41, 5.74) is 0. The molecule has 1 atom stereocenters. The summed E-state index contributed by atoms with van der Waals surface area (Å²) >= 11 is 7.02. The topological polar surface area (TPSA) is 43.9 Å². The molecule has 1 aliphatic rings. The maximum Gasteiger partial charge on any atom is 0.252 e. The summed E-state index contributed by atoms with van der Waals surface area (Å²) in [7, 11) is 2.83. The molecule has 1 fully saturated rings. The molecule has 23 heavy (non-hydrogen) atoms. The van der Waals surface area contributed by atoms with Gasteiger partial charge >= 0.3 is 0 Å². The number of thiophene rings is 1. The Bertz CT molecular complexity index is 604. The molecule has 0 bridgehead atoms. The molecule has 0 spiro atoms. The van der Waals surface area contributed by atoms with Crippen LogP contribution in [-0.4, -0.2) is 75.9 Å². The zero-order chi connectivity index (χ0) is 17.0. The number of hydrogen-bond donors (Lipinski definition) is 0. The number of hydrogen-bond acceptors (Lipinski definition) is 5. The highest BCUT2D eigenvalue weighted by molar-refractivity contribution is 7.91. The fraction of sp³-hybridized carbons (Fsp3) is 0.733. The molecule has 0 amide bonds. The normalized spacial score (nSPS) is 20.5. The van der Waals surface area contributed by atoms with Crippen molar-refractivity contribution in [2.24, 2.45) is 0 Å². The van der Waals surface area contributed by atoms with Gasteiger partial charge in [0, 0.05) is 19.1 Å². The molecule has 2 rings (SSSR count). The molecular formula is C15H26ClN3O2S2. The Morgan fingerprint density at radius 2 is 2.04 bits per heavy atom. The lowest BCUT2D eigenvalue weighted by molar-refractivity contribution is 0.158. The van der Waals surface area contributed by atoms with Gasteiger partial charge in [0.25, 0.3) is 10.0 Å². The minimum atomic E-state index is -3.41. The van der Waals surface area contributed by atoms with Crippen LogP contribution in [0.3, 0.4) is 0 Å². The summed E-state index contributed by atoms with van der Waals surface area (Å²) in [6.07, 6.45) is 3.05. The minimum absolute atomic E-state index is 0.288. The number of sulfonamides is 1. The Kier molecular flexibility index (Phi) is 6.88. The Morgan fingerprint density at radius 1 is 1.30 bits per heavy atom. The fourth-order valence-electron chi connectivity index (χ4n) is 2.88. The predicted molar refractivity (Wildman–Crippen MR) is 96.9 cm³/mol. The molecule has 1 unspecified atom stereocenters. The van der Waals surface area contributed by atoms with Gasteiger partial charge < -0.3 is 9.80 Å². The van der Waals surface area contributed by atoms with Crippen LogP contribution in [0.1, 0.15) is 19.3 Å². The lowest BCUT2D eigenvalue weighted by atomic mass is 10.1. The van der Waals surface area contributed by atoms with Crippen molar-refractivity contribution < 1.29 is 8.42 Å². The Hall–Kier alpha value is -0.180. The van der Waals surface area contributed by atoms with Crippen LogP contribution in [0.25, 0.3) is 0 Å². The summed E-state index contributed by atoms with van der Waals surface area (Å²) in [5.74, 6) is 0. The molecule has 132 valence electrons. The van der Waals surface area contributed by atoms with E-state index in [4.69, 9.17) is 11.6 Å². The van der Waals surface area contributed by atoms with Gasteiger partial charge in [0.1, 0.15) is 4.21 Å². The first-order valence-electron chi connectivity index (χ1n) is 7.91. The van der Waals surface area contributed by atoms with Crippen molar-refractivity contribution in [2.45, 2.75) is 29.5 Å². The van der Waals surface area contributed by atoms with Gasteiger partial charge in [-0.3, -0.25) is 0 Å². The van der Waals surface area contributed by atoms with Crippen LogP contribution < -0.4 is 0 Å². The molecule has 1 saturated heterocycles. The third-order valence-corrected chi connectivity index (χ3v) is 7.81. The Balaban J connectivity index is 1.97. The number of nitrogens with zero attached hydrogens (tertiary/aromatic N) is 3. The lowest BCUT2D eigenvalue weighted by Gasteiger charge is -2.36. The molecule has 5 nitrogen and oxygen atoms in total. The summed E-state index contributed by atoms with van der Waals surface area (Å²) in [5, 5.41) is 0. The average molecular weight is 380 g/mol. The van der Waals surface area contributed by atoms with E-state index >= 15 is 0 Å². The Labute approximate surface area is 148 Å². The molecule has 0 N–H and O–H groups in total. The summed E-state index contributed by atoms with van der Waals surface area (Å²) in [4.78, 5) is 4.47.